The monoisotopic (exact) mass is 299 g/mol. The van der Waals surface area contributed by atoms with Crippen LogP contribution in [0.4, 0.5) is 0 Å². The summed E-state index contributed by atoms with van der Waals surface area (Å²) in [5.41, 5.74) is 0. The number of ketones is 1. The summed E-state index contributed by atoms with van der Waals surface area (Å²) in [5.74, 6) is 1.78. The fraction of sp³-hybridized carbons (Fsp3) is 0.667. The Bertz CT molecular complexity index is 430. The Morgan fingerprint density at radius 3 is 2.84 bits per heavy atom. The van der Waals surface area contributed by atoms with E-state index in [1.54, 1.807) is 6.07 Å². The van der Waals surface area contributed by atoms with E-state index in [1.807, 2.05) is 6.07 Å². The van der Waals surface area contributed by atoms with Gasteiger partial charge in [0.05, 0.1) is 15.8 Å². The van der Waals surface area contributed by atoms with Crippen LogP contribution < -0.4 is 0 Å². The summed E-state index contributed by atoms with van der Waals surface area (Å²) in [6.45, 7) is 7.25. The van der Waals surface area contributed by atoms with Gasteiger partial charge in [0.15, 0.2) is 5.78 Å². The molecule has 0 aliphatic carbocycles. The molecule has 106 valence electrons. The largest absolute Gasteiger partial charge is 0.296 e. The lowest BCUT2D eigenvalue weighted by molar-refractivity contribution is 0.0936. The molecule has 0 radical (unpaired) electrons. The van der Waals surface area contributed by atoms with Gasteiger partial charge < -0.3 is 0 Å². The molecular formula is C15H22ClNOS. The second-order valence-corrected chi connectivity index (χ2v) is 7.45. The molecule has 1 atom stereocenters. The third-order valence-corrected chi connectivity index (χ3v) is 5.30. The van der Waals surface area contributed by atoms with E-state index in [0.717, 1.165) is 29.8 Å². The lowest BCUT2D eigenvalue weighted by atomic mass is 9.89. The number of rotatable bonds is 4. The molecule has 0 N–H and O–H groups in total. The Morgan fingerprint density at radius 2 is 2.21 bits per heavy atom. The number of likely N-dealkylation sites (tertiary alicyclic amines) is 1. The van der Waals surface area contributed by atoms with E-state index in [0.29, 0.717) is 10.9 Å². The minimum Gasteiger partial charge on any atom is -0.296 e. The Hall–Kier alpha value is -0.380. The molecule has 2 rings (SSSR count). The van der Waals surface area contributed by atoms with Crippen molar-refractivity contribution in [2.45, 2.75) is 33.1 Å². The van der Waals surface area contributed by atoms with Crippen LogP contribution in [-0.4, -0.2) is 30.3 Å². The zero-order chi connectivity index (χ0) is 13.8. The van der Waals surface area contributed by atoms with Gasteiger partial charge in [-0.3, -0.25) is 9.69 Å². The molecule has 1 aliphatic rings. The van der Waals surface area contributed by atoms with Crippen LogP contribution in [0.1, 0.15) is 42.8 Å². The summed E-state index contributed by atoms with van der Waals surface area (Å²) in [6, 6.07) is 3.64. The number of nitrogens with zero attached hydrogens (tertiary/aromatic N) is 1. The number of thiophene rings is 1. The Balaban J connectivity index is 1.87. The predicted octanol–water partition coefficient (Wildman–Crippen LogP) is 4.34. The number of hydrogen-bond acceptors (Lipinski definition) is 3. The van der Waals surface area contributed by atoms with Gasteiger partial charge in [-0.05, 0) is 56.3 Å². The van der Waals surface area contributed by atoms with Gasteiger partial charge in [-0.15, -0.1) is 11.3 Å². The van der Waals surface area contributed by atoms with Crippen molar-refractivity contribution in [2.24, 2.45) is 11.8 Å². The maximum Gasteiger partial charge on any atom is 0.186 e. The van der Waals surface area contributed by atoms with E-state index >= 15 is 0 Å². The van der Waals surface area contributed by atoms with E-state index in [9.17, 15) is 4.79 Å². The standard InChI is InChI=1S/C15H22ClNOS/c1-11(2)12-4-3-8-17(9-7-12)10-13(18)14-5-6-15(16)19-14/h5-6,11-12H,3-4,7-10H2,1-2H3. The highest BCUT2D eigenvalue weighted by molar-refractivity contribution is 7.18. The van der Waals surface area contributed by atoms with Crippen LogP contribution in [0.5, 0.6) is 0 Å². The van der Waals surface area contributed by atoms with Gasteiger partial charge in [0.2, 0.25) is 0 Å². The first-order valence-corrected chi connectivity index (χ1v) is 8.26. The lowest BCUT2D eigenvalue weighted by Crippen LogP contribution is -2.30. The summed E-state index contributed by atoms with van der Waals surface area (Å²) < 4.78 is 0.694. The molecule has 4 heteroatoms. The first kappa shape index (κ1) is 15.0. The van der Waals surface area contributed by atoms with Gasteiger partial charge in [0, 0.05) is 0 Å². The van der Waals surface area contributed by atoms with Crippen molar-refractivity contribution in [2.75, 3.05) is 19.6 Å². The molecule has 1 fully saturated rings. The molecule has 1 aromatic rings. The van der Waals surface area contributed by atoms with Gasteiger partial charge in [0.25, 0.3) is 0 Å². The highest BCUT2D eigenvalue weighted by atomic mass is 35.5. The summed E-state index contributed by atoms with van der Waals surface area (Å²) in [5, 5.41) is 0. The molecule has 1 aliphatic heterocycles. The Morgan fingerprint density at radius 1 is 1.42 bits per heavy atom. The van der Waals surface area contributed by atoms with Gasteiger partial charge in [-0.25, -0.2) is 0 Å². The minimum atomic E-state index is 0.208. The Labute approximate surface area is 124 Å². The average Bonchev–Trinajstić information content (AvgIpc) is 2.65. The van der Waals surface area contributed by atoms with Crippen molar-refractivity contribution in [1.82, 2.24) is 4.90 Å². The third-order valence-electron chi connectivity index (χ3n) is 4.02. The van der Waals surface area contributed by atoms with Crippen LogP contribution in [0, 0.1) is 11.8 Å². The normalized spacial score (nSPS) is 21.6. The zero-order valence-electron chi connectivity index (χ0n) is 11.7. The maximum atomic E-state index is 12.2. The number of Topliss-reactive ketones (excluding diaryl/α,β-unsaturated/α-hetero) is 1. The predicted molar refractivity (Wildman–Crippen MR) is 82.3 cm³/mol. The lowest BCUT2D eigenvalue weighted by Gasteiger charge is -2.20. The van der Waals surface area contributed by atoms with E-state index in [1.165, 1.54) is 30.6 Å². The molecule has 2 nitrogen and oxygen atoms in total. The van der Waals surface area contributed by atoms with Crippen molar-refractivity contribution >= 4 is 28.7 Å². The molecule has 0 amide bonds. The van der Waals surface area contributed by atoms with Gasteiger partial charge in [0.1, 0.15) is 0 Å². The Kier molecular flexibility index (Phi) is 5.43. The summed E-state index contributed by atoms with van der Waals surface area (Å²) in [7, 11) is 0. The molecule has 1 unspecified atom stereocenters. The second kappa shape index (κ2) is 6.87. The van der Waals surface area contributed by atoms with E-state index in [2.05, 4.69) is 18.7 Å². The first-order valence-electron chi connectivity index (χ1n) is 7.07. The van der Waals surface area contributed by atoms with Crippen molar-refractivity contribution < 1.29 is 4.79 Å². The van der Waals surface area contributed by atoms with Gasteiger partial charge in [-0.2, -0.15) is 0 Å². The van der Waals surface area contributed by atoms with Crippen molar-refractivity contribution in [3.05, 3.63) is 21.3 Å². The quantitative estimate of drug-likeness (QED) is 0.771. The fourth-order valence-electron chi connectivity index (χ4n) is 2.75. The summed E-state index contributed by atoms with van der Waals surface area (Å²) >= 11 is 7.26. The van der Waals surface area contributed by atoms with E-state index < -0.39 is 0 Å². The SMILES string of the molecule is CC(C)C1CCCN(CC(=O)c2ccc(Cl)s2)CC1. The maximum absolute atomic E-state index is 12.2. The third kappa shape index (κ3) is 4.30. The summed E-state index contributed by atoms with van der Waals surface area (Å²) in [6.07, 6.45) is 3.73. The molecule has 19 heavy (non-hydrogen) atoms. The smallest absolute Gasteiger partial charge is 0.186 e. The molecule has 1 aromatic heterocycles. The van der Waals surface area contributed by atoms with E-state index in [4.69, 9.17) is 11.6 Å². The molecular weight excluding hydrogens is 278 g/mol. The highest BCUT2D eigenvalue weighted by Crippen LogP contribution is 2.25. The van der Waals surface area contributed by atoms with Gasteiger partial charge in [-0.1, -0.05) is 25.4 Å². The van der Waals surface area contributed by atoms with Crippen LogP contribution in [0.2, 0.25) is 4.34 Å². The number of carbonyl (C=O) groups is 1. The molecule has 0 aromatic carbocycles. The van der Waals surface area contributed by atoms with Crippen LogP contribution in [0.15, 0.2) is 12.1 Å². The number of hydrogen-bond donors (Lipinski definition) is 0. The van der Waals surface area contributed by atoms with Crippen molar-refractivity contribution in [1.29, 1.82) is 0 Å². The average molecular weight is 300 g/mol. The molecule has 1 saturated heterocycles. The molecule has 0 bridgehead atoms. The second-order valence-electron chi connectivity index (χ2n) is 5.74. The number of carbonyl (C=O) groups excluding carboxylic acids is 1. The molecule has 0 saturated carbocycles. The van der Waals surface area contributed by atoms with E-state index in [-0.39, 0.29) is 5.78 Å². The van der Waals surface area contributed by atoms with Crippen molar-refractivity contribution in [3.63, 3.8) is 0 Å². The van der Waals surface area contributed by atoms with Crippen LogP contribution >= 0.6 is 22.9 Å². The summed E-state index contributed by atoms with van der Waals surface area (Å²) in [4.78, 5) is 15.3. The van der Waals surface area contributed by atoms with Crippen molar-refractivity contribution in [3.8, 4) is 0 Å². The van der Waals surface area contributed by atoms with Crippen LogP contribution in [-0.2, 0) is 0 Å². The highest BCUT2D eigenvalue weighted by Gasteiger charge is 2.21. The minimum absolute atomic E-state index is 0.208. The van der Waals surface area contributed by atoms with Crippen LogP contribution in [0.3, 0.4) is 0 Å². The molecule has 0 spiro atoms. The number of halogens is 1. The topological polar surface area (TPSA) is 20.3 Å². The molecule has 2 heterocycles. The zero-order valence-corrected chi connectivity index (χ0v) is 13.3. The van der Waals surface area contributed by atoms with Crippen LogP contribution in [0.25, 0.3) is 0 Å². The first-order chi connectivity index (χ1) is 9.06. The van der Waals surface area contributed by atoms with Gasteiger partial charge >= 0.3 is 0 Å². The fourth-order valence-corrected chi connectivity index (χ4v) is 3.72.